The smallest absolute Gasteiger partial charge is 0.336 e. The summed E-state index contributed by atoms with van der Waals surface area (Å²) < 4.78 is 1.53. The number of aryl methyl sites for hydroxylation is 2. The summed E-state index contributed by atoms with van der Waals surface area (Å²) in [6, 6.07) is 5.33. The number of carboxylic acid groups (broad SMARTS) is 1. The number of rotatable bonds is 3. The van der Waals surface area contributed by atoms with Crippen molar-refractivity contribution < 1.29 is 9.90 Å². The zero-order valence-electron chi connectivity index (χ0n) is 10.6. The third kappa shape index (κ3) is 1.77. The first kappa shape index (κ1) is 12.3. The van der Waals surface area contributed by atoms with Gasteiger partial charge < -0.3 is 5.11 Å². The van der Waals surface area contributed by atoms with Crippen molar-refractivity contribution in [1.82, 2.24) is 14.8 Å². The molecule has 5 nitrogen and oxygen atoms in total. The molecule has 2 heterocycles. The third-order valence-electron chi connectivity index (χ3n) is 3.07. The summed E-state index contributed by atoms with van der Waals surface area (Å²) in [6.07, 6.45) is 3.18. The van der Waals surface area contributed by atoms with Gasteiger partial charge >= 0.3 is 5.97 Å². The van der Waals surface area contributed by atoms with E-state index in [-0.39, 0.29) is 0 Å². The summed E-state index contributed by atoms with van der Waals surface area (Å²) >= 11 is 0. The van der Waals surface area contributed by atoms with Crippen molar-refractivity contribution in [2.24, 2.45) is 0 Å². The predicted molar refractivity (Wildman–Crippen MR) is 66.3 cm³/mol. The number of aromatic nitrogens is 3. The Labute approximate surface area is 105 Å². The number of aliphatic carboxylic acids is 1. The molecule has 0 aliphatic heterocycles. The minimum atomic E-state index is -1.24. The SMILES string of the molecule is Cc1cc(C)n(C(C)(C(=O)O)c2cccnc2)n1. The number of hydrogen-bond donors (Lipinski definition) is 1. The molecule has 18 heavy (non-hydrogen) atoms. The van der Waals surface area contributed by atoms with E-state index in [4.69, 9.17) is 0 Å². The first-order valence-electron chi connectivity index (χ1n) is 5.64. The number of nitrogens with zero attached hydrogens (tertiary/aromatic N) is 3. The van der Waals surface area contributed by atoms with Crippen LogP contribution in [0.25, 0.3) is 0 Å². The van der Waals surface area contributed by atoms with Gasteiger partial charge in [0.2, 0.25) is 0 Å². The van der Waals surface area contributed by atoms with Gasteiger partial charge in [-0.15, -0.1) is 0 Å². The Bertz CT molecular complexity index is 577. The van der Waals surface area contributed by atoms with E-state index >= 15 is 0 Å². The quantitative estimate of drug-likeness (QED) is 0.894. The summed E-state index contributed by atoms with van der Waals surface area (Å²) in [7, 11) is 0. The van der Waals surface area contributed by atoms with Crippen molar-refractivity contribution in [3.05, 3.63) is 47.5 Å². The van der Waals surface area contributed by atoms with E-state index < -0.39 is 11.5 Å². The highest BCUT2D eigenvalue weighted by Crippen LogP contribution is 2.27. The fraction of sp³-hybridized carbons (Fsp3) is 0.308. The largest absolute Gasteiger partial charge is 0.479 e. The molecular formula is C13H15N3O2. The second kappa shape index (κ2) is 4.25. The van der Waals surface area contributed by atoms with Gasteiger partial charge in [-0.05, 0) is 32.9 Å². The van der Waals surface area contributed by atoms with Crippen LogP contribution in [0, 0.1) is 13.8 Å². The van der Waals surface area contributed by atoms with Crippen LogP contribution < -0.4 is 0 Å². The van der Waals surface area contributed by atoms with Crippen LogP contribution in [0.2, 0.25) is 0 Å². The average molecular weight is 245 g/mol. The van der Waals surface area contributed by atoms with Gasteiger partial charge in [-0.2, -0.15) is 5.10 Å². The molecule has 0 saturated carbocycles. The highest BCUT2D eigenvalue weighted by molar-refractivity contribution is 5.80. The lowest BCUT2D eigenvalue weighted by Gasteiger charge is -2.27. The molecule has 5 heteroatoms. The van der Waals surface area contributed by atoms with Gasteiger partial charge in [-0.1, -0.05) is 6.07 Å². The van der Waals surface area contributed by atoms with Crippen molar-refractivity contribution in [3.8, 4) is 0 Å². The van der Waals surface area contributed by atoms with Crippen molar-refractivity contribution in [1.29, 1.82) is 0 Å². The minimum Gasteiger partial charge on any atom is -0.479 e. The highest BCUT2D eigenvalue weighted by atomic mass is 16.4. The monoisotopic (exact) mass is 245 g/mol. The maximum atomic E-state index is 11.7. The van der Waals surface area contributed by atoms with Crippen LogP contribution in [-0.4, -0.2) is 25.8 Å². The van der Waals surface area contributed by atoms with E-state index in [9.17, 15) is 9.90 Å². The molecule has 0 aliphatic rings. The third-order valence-corrected chi connectivity index (χ3v) is 3.07. The highest BCUT2D eigenvalue weighted by Gasteiger charge is 2.39. The Hall–Kier alpha value is -2.17. The maximum absolute atomic E-state index is 11.7. The van der Waals surface area contributed by atoms with Crippen LogP contribution in [-0.2, 0) is 10.3 Å². The van der Waals surface area contributed by atoms with E-state index in [0.29, 0.717) is 5.56 Å². The zero-order valence-corrected chi connectivity index (χ0v) is 10.6. The van der Waals surface area contributed by atoms with Crippen LogP contribution in [0.4, 0.5) is 0 Å². The van der Waals surface area contributed by atoms with Gasteiger partial charge in [-0.3, -0.25) is 4.98 Å². The lowest BCUT2D eigenvalue weighted by molar-refractivity contribution is -0.145. The molecule has 0 aliphatic carbocycles. The van der Waals surface area contributed by atoms with Crippen LogP contribution >= 0.6 is 0 Å². The fourth-order valence-electron chi connectivity index (χ4n) is 2.07. The van der Waals surface area contributed by atoms with E-state index in [1.165, 1.54) is 4.68 Å². The van der Waals surface area contributed by atoms with Crippen molar-refractivity contribution in [3.63, 3.8) is 0 Å². The first-order valence-corrected chi connectivity index (χ1v) is 5.64. The Morgan fingerprint density at radius 3 is 2.61 bits per heavy atom. The van der Waals surface area contributed by atoms with Gasteiger partial charge in [0.25, 0.3) is 0 Å². The average Bonchev–Trinajstić information content (AvgIpc) is 2.68. The van der Waals surface area contributed by atoms with E-state index in [1.807, 2.05) is 19.9 Å². The van der Waals surface area contributed by atoms with Gasteiger partial charge in [0, 0.05) is 23.7 Å². The topological polar surface area (TPSA) is 68.0 Å². The Kier molecular flexibility index (Phi) is 2.90. The molecular weight excluding hydrogens is 230 g/mol. The maximum Gasteiger partial charge on any atom is 0.336 e. The van der Waals surface area contributed by atoms with Crippen molar-refractivity contribution >= 4 is 5.97 Å². The van der Waals surface area contributed by atoms with Gasteiger partial charge in [0.15, 0.2) is 5.54 Å². The molecule has 94 valence electrons. The summed E-state index contributed by atoms with van der Waals surface area (Å²) in [5.41, 5.74) is 0.959. The summed E-state index contributed by atoms with van der Waals surface area (Å²) in [5, 5.41) is 13.9. The molecule has 0 spiro atoms. The van der Waals surface area contributed by atoms with E-state index in [2.05, 4.69) is 10.1 Å². The summed E-state index contributed by atoms with van der Waals surface area (Å²) in [4.78, 5) is 15.7. The number of carboxylic acids is 1. The second-order valence-electron chi connectivity index (χ2n) is 4.46. The fourth-order valence-corrected chi connectivity index (χ4v) is 2.07. The molecule has 0 radical (unpaired) electrons. The number of carbonyl (C=O) groups is 1. The Morgan fingerprint density at radius 2 is 2.17 bits per heavy atom. The molecule has 1 atom stereocenters. The normalized spacial score (nSPS) is 14.2. The molecule has 1 N–H and O–H groups in total. The lowest BCUT2D eigenvalue weighted by atomic mass is 9.93. The molecule has 0 fully saturated rings. The molecule has 2 aromatic heterocycles. The molecule has 0 bridgehead atoms. The predicted octanol–water partition coefficient (Wildman–Crippen LogP) is 1.74. The molecule has 0 amide bonds. The van der Waals surface area contributed by atoms with E-state index in [0.717, 1.165) is 11.4 Å². The first-order chi connectivity index (χ1) is 8.46. The standard InChI is InChI=1S/C13H15N3O2/c1-9-7-10(2)16(15-9)13(3,12(17)18)11-5-4-6-14-8-11/h4-8H,1-3H3,(H,17,18). The molecule has 0 saturated heterocycles. The van der Waals surface area contributed by atoms with E-state index in [1.54, 1.807) is 31.5 Å². The van der Waals surface area contributed by atoms with Crippen LogP contribution in [0.5, 0.6) is 0 Å². The van der Waals surface area contributed by atoms with Crippen LogP contribution in [0.15, 0.2) is 30.6 Å². The Balaban J connectivity index is 2.66. The van der Waals surface area contributed by atoms with Crippen molar-refractivity contribution in [2.45, 2.75) is 26.3 Å². The Morgan fingerprint density at radius 1 is 1.44 bits per heavy atom. The summed E-state index contributed by atoms with van der Waals surface area (Å²) in [6.45, 7) is 5.32. The van der Waals surface area contributed by atoms with Gasteiger partial charge in [0.05, 0.1) is 5.69 Å². The van der Waals surface area contributed by atoms with Gasteiger partial charge in [0.1, 0.15) is 0 Å². The molecule has 1 unspecified atom stereocenters. The zero-order chi connectivity index (χ0) is 13.3. The van der Waals surface area contributed by atoms with Crippen LogP contribution in [0.1, 0.15) is 23.9 Å². The lowest BCUT2D eigenvalue weighted by Crippen LogP contribution is -2.41. The van der Waals surface area contributed by atoms with Crippen molar-refractivity contribution in [2.75, 3.05) is 0 Å². The molecule has 2 aromatic rings. The number of hydrogen-bond acceptors (Lipinski definition) is 3. The second-order valence-corrected chi connectivity index (χ2v) is 4.46. The minimum absolute atomic E-state index is 0.601. The molecule has 0 aromatic carbocycles. The van der Waals surface area contributed by atoms with Gasteiger partial charge in [-0.25, -0.2) is 9.48 Å². The summed E-state index contributed by atoms with van der Waals surface area (Å²) in [5.74, 6) is -0.957. The number of pyridine rings is 1. The molecule has 2 rings (SSSR count). The van der Waals surface area contributed by atoms with Crippen LogP contribution in [0.3, 0.4) is 0 Å².